The average molecular weight is 360 g/mol. The lowest BCUT2D eigenvalue weighted by Gasteiger charge is -2.16. The van der Waals surface area contributed by atoms with Gasteiger partial charge in [-0.2, -0.15) is 0 Å². The summed E-state index contributed by atoms with van der Waals surface area (Å²) in [7, 11) is 0. The molecule has 0 aliphatic heterocycles. The van der Waals surface area contributed by atoms with Gasteiger partial charge in [-0.1, -0.05) is 23.7 Å². The monoisotopic (exact) mass is 359 g/mol. The average Bonchev–Trinajstić information content (AvgIpc) is 3.11. The standard InChI is InChI=1S/C20H22ClNO3/c1-14(24-19-9-5-4-8-18(19)21)20(23)22-15-10-12-17(13-11-15)25-16-6-2-3-7-16/h4-5,8-14,16H,2-3,6-7H2,1H3,(H,22,23). The molecular weight excluding hydrogens is 338 g/mol. The summed E-state index contributed by atoms with van der Waals surface area (Å²) in [6.07, 6.45) is 4.38. The van der Waals surface area contributed by atoms with Gasteiger partial charge in [0.15, 0.2) is 6.10 Å². The van der Waals surface area contributed by atoms with E-state index in [1.807, 2.05) is 36.4 Å². The molecule has 1 aliphatic carbocycles. The van der Waals surface area contributed by atoms with Crippen LogP contribution in [-0.4, -0.2) is 18.1 Å². The third-order valence-corrected chi connectivity index (χ3v) is 4.55. The van der Waals surface area contributed by atoms with Crippen LogP contribution in [0.5, 0.6) is 11.5 Å². The molecule has 25 heavy (non-hydrogen) atoms. The first kappa shape index (κ1) is 17.6. The van der Waals surface area contributed by atoms with Crippen molar-refractivity contribution in [2.45, 2.75) is 44.8 Å². The molecule has 0 bridgehead atoms. The van der Waals surface area contributed by atoms with Crippen LogP contribution < -0.4 is 14.8 Å². The van der Waals surface area contributed by atoms with Gasteiger partial charge < -0.3 is 14.8 Å². The molecule has 0 saturated heterocycles. The van der Waals surface area contributed by atoms with Crippen LogP contribution in [0.2, 0.25) is 5.02 Å². The molecule has 1 atom stereocenters. The Morgan fingerprint density at radius 2 is 1.80 bits per heavy atom. The van der Waals surface area contributed by atoms with Crippen LogP contribution in [-0.2, 0) is 4.79 Å². The Hall–Kier alpha value is -2.20. The van der Waals surface area contributed by atoms with Crippen LogP contribution in [0.4, 0.5) is 5.69 Å². The maximum absolute atomic E-state index is 12.3. The molecule has 1 aliphatic rings. The summed E-state index contributed by atoms with van der Waals surface area (Å²) in [6.45, 7) is 1.69. The number of amides is 1. The van der Waals surface area contributed by atoms with Crippen LogP contribution in [0.3, 0.4) is 0 Å². The van der Waals surface area contributed by atoms with Crippen LogP contribution in [0.1, 0.15) is 32.6 Å². The summed E-state index contributed by atoms with van der Waals surface area (Å²) in [5.74, 6) is 1.10. The van der Waals surface area contributed by atoms with Crippen molar-refractivity contribution in [3.05, 3.63) is 53.6 Å². The van der Waals surface area contributed by atoms with Crippen molar-refractivity contribution in [3.63, 3.8) is 0 Å². The van der Waals surface area contributed by atoms with Crippen LogP contribution in [0.25, 0.3) is 0 Å². The Labute approximate surface area is 153 Å². The number of rotatable bonds is 6. The zero-order chi connectivity index (χ0) is 17.6. The Bertz CT molecular complexity index is 711. The molecule has 4 nitrogen and oxygen atoms in total. The molecule has 0 radical (unpaired) electrons. The molecule has 2 aromatic rings. The Morgan fingerprint density at radius 1 is 1.12 bits per heavy atom. The fraction of sp³-hybridized carbons (Fsp3) is 0.350. The Morgan fingerprint density at radius 3 is 2.48 bits per heavy atom. The van der Waals surface area contributed by atoms with Gasteiger partial charge in [0.05, 0.1) is 11.1 Å². The van der Waals surface area contributed by atoms with Gasteiger partial charge in [0.2, 0.25) is 0 Å². The van der Waals surface area contributed by atoms with Crippen molar-refractivity contribution in [1.29, 1.82) is 0 Å². The highest BCUT2D eigenvalue weighted by molar-refractivity contribution is 6.32. The predicted molar refractivity (Wildman–Crippen MR) is 99.5 cm³/mol. The molecule has 1 saturated carbocycles. The number of anilines is 1. The van der Waals surface area contributed by atoms with E-state index in [2.05, 4.69) is 5.32 Å². The number of para-hydroxylation sites is 1. The third-order valence-electron chi connectivity index (χ3n) is 4.24. The van der Waals surface area contributed by atoms with E-state index in [1.54, 1.807) is 19.1 Å². The number of hydrogen-bond acceptors (Lipinski definition) is 3. The molecular formula is C20H22ClNO3. The molecule has 0 aromatic heterocycles. The highest BCUT2D eigenvalue weighted by atomic mass is 35.5. The van der Waals surface area contributed by atoms with Crippen LogP contribution in [0, 0.1) is 0 Å². The molecule has 0 heterocycles. The quantitative estimate of drug-likeness (QED) is 0.783. The fourth-order valence-corrected chi connectivity index (χ4v) is 3.02. The summed E-state index contributed by atoms with van der Waals surface area (Å²) in [6, 6.07) is 14.5. The number of benzene rings is 2. The first-order valence-electron chi connectivity index (χ1n) is 8.60. The largest absolute Gasteiger partial charge is 0.490 e. The molecule has 1 N–H and O–H groups in total. The molecule has 1 unspecified atom stereocenters. The van der Waals surface area contributed by atoms with Crippen molar-refractivity contribution in [3.8, 4) is 11.5 Å². The maximum Gasteiger partial charge on any atom is 0.265 e. The van der Waals surface area contributed by atoms with Gasteiger partial charge in [0, 0.05) is 5.69 Å². The van der Waals surface area contributed by atoms with Crippen molar-refractivity contribution in [2.24, 2.45) is 0 Å². The lowest BCUT2D eigenvalue weighted by atomic mass is 10.2. The van der Waals surface area contributed by atoms with Crippen molar-refractivity contribution < 1.29 is 14.3 Å². The maximum atomic E-state index is 12.3. The molecule has 5 heteroatoms. The van der Waals surface area contributed by atoms with E-state index in [0.717, 1.165) is 18.6 Å². The van der Waals surface area contributed by atoms with Gasteiger partial charge in [-0.05, 0) is 69.0 Å². The molecule has 1 amide bonds. The summed E-state index contributed by atoms with van der Waals surface area (Å²) in [4.78, 5) is 12.3. The van der Waals surface area contributed by atoms with Gasteiger partial charge in [-0.3, -0.25) is 4.79 Å². The second kappa shape index (κ2) is 8.26. The van der Waals surface area contributed by atoms with Crippen LogP contribution >= 0.6 is 11.6 Å². The zero-order valence-corrected chi connectivity index (χ0v) is 15.0. The minimum Gasteiger partial charge on any atom is -0.490 e. The normalized spacial score (nSPS) is 15.6. The number of carbonyl (C=O) groups excluding carboxylic acids is 1. The second-order valence-electron chi connectivity index (χ2n) is 6.23. The second-order valence-corrected chi connectivity index (χ2v) is 6.64. The summed E-state index contributed by atoms with van der Waals surface area (Å²) >= 11 is 6.05. The molecule has 0 spiro atoms. The smallest absolute Gasteiger partial charge is 0.265 e. The predicted octanol–water partition coefficient (Wildman–Crippen LogP) is 5.07. The Balaban J connectivity index is 1.54. The van der Waals surface area contributed by atoms with E-state index in [4.69, 9.17) is 21.1 Å². The number of carbonyl (C=O) groups is 1. The number of nitrogens with one attached hydrogen (secondary N) is 1. The number of halogens is 1. The first-order chi connectivity index (χ1) is 12.1. The van der Waals surface area contributed by atoms with Gasteiger partial charge >= 0.3 is 0 Å². The van der Waals surface area contributed by atoms with Gasteiger partial charge in [0.1, 0.15) is 11.5 Å². The number of ether oxygens (including phenoxy) is 2. The zero-order valence-electron chi connectivity index (χ0n) is 14.2. The summed E-state index contributed by atoms with van der Waals surface area (Å²) < 4.78 is 11.5. The molecule has 132 valence electrons. The van der Waals surface area contributed by atoms with E-state index in [-0.39, 0.29) is 5.91 Å². The highest BCUT2D eigenvalue weighted by Gasteiger charge is 2.18. The topological polar surface area (TPSA) is 47.6 Å². The first-order valence-corrected chi connectivity index (χ1v) is 8.98. The van der Waals surface area contributed by atoms with Crippen molar-refractivity contribution in [2.75, 3.05) is 5.32 Å². The van der Waals surface area contributed by atoms with Gasteiger partial charge in [-0.25, -0.2) is 0 Å². The van der Waals surface area contributed by atoms with Crippen molar-refractivity contribution in [1.82, 2.24) is 0 Å². The third kappa shape index (κ3) is 4.89. The Kier molecular flexibility index (Phi) is 5.82. The fourth-order valence-electron chi connectivity index (χ4n) is 2.84. The lowest BCUT2D eigenvalue weighted by Crippen LogP contribution is -2.30. The lowest BCUT2D eigenvalue weighted by molar-refractivity contribution is -0.122. The minimum atomic E-state index is -0.658. The van der Waals surface area contributed by atoms with E-state index < -0.39 is 6.10 Å². The van der Waals surface area contributed by atoms with E-state index in [9.17, 15) is 4.79 Å². The highest BCUT2D eigenvalue weighted by Crippen LogP contribution is 2.26. The van der Waals surface area contributed by atoms with E-state index in [0.29, 0.717) is 22.6 Å². The van der Waals surface area contributed by atoms with Gasteiger partial charge in [-0.15, -0.1) is 0 Å². The number of hydrogen-bond donors (Lipinski definition) is 1. The summed E-state index contributed by atoms with van der Waals surface area (Å²) in [5.41, 5.74) is 0.707. The SMILES string of the molecule is CC(Oc1ccccc1Cl)C(=O)Nc1ccc(OC2CCCC2)cc1. The van der Waals surface area contributed by atoms with E-state index >= 15 is 0 Å². The van der Waals surface area contributed by atoms with Crippen molar-refractivity contribution >= 4 is 23.2 Å². The molecule has 2 aromatic carbocycles. The molecule has 1 fully saturated rings. The minimum absolute atomic E-state index is 0.232. The molecule has 3 rings (SSSR count). The van der Waals surface area contributed by atoms with Gasteiger partial charge in [0.25, 0.3) is 5.91 Å². The summed E-state index contributed by atoms with van der Waals surface area (Å²) in [5, 5.41) is 3.32. The van der Waals surface area contributed by atoms with E-state index in [1.165, 1.54) is 12.8 Å². The van der Waals surface area contributed by atoms with Crippen LogP contribution in [0.15, 0.2) is 48.5 Å².